The molecule has 1 atom stereocenters. The number of carbonyl (C=O) groups is 1. The van der Waals surface area contributed by atoms with Crippen LogP contribution in [0.1, 0.15) is 37.0 Å². The standard InChI is InChI=1S/C28H29Cl2F3N4O5/c29-17-1-8-24-21(13-17)27(30)25(42-24)15-35-9-11-36(12-10-35)26(16-38)41-20-5-2-18(3-6-20)34-19-4-7-23(37(39)40)22(14-19)28(31,32)33/h1,4,7-8,13-14,16,18,20,26,34H,2-3,5-6,9-12,15H2. The van der Waals surface area contributed by atoms with Gasteiger partial charge in [0, 0.05) is 54.4 Å². The second-order valence-electron chi connectivity index (χ2n) is 10.6. The molecule has 14 heteroatoms. The lowest BCUT2D eigenvalue weighted by molar-refractivity contribution is -0.388. The zero-order valence-electron chi connectivity index (χ0n) is 22.4. The van der Waals surface area contributed by atoms with Crippen LogP contribution in [0.15, 0.2) is 40.8 Å². The van der Waals surface area contributed by atoms with Crippen molar-refractivity contribution < 1.29 is 32.0 Å². The summed E-state index contributed by atoms with van der Waals surface area (Å²) in [6.45, 7) is 3.14. The van der Waals surface area contributed by atoms with Gasteiger partial charge in [-0.3, -0.25) is 24.7 Å². The van der Waals surface area contributed by atoms with E-state index in [0.717, 1.165) is 23.8 Å². The van der Waals surface area contributed by atoms with Crippen LogP contribution < -0.4 is 5.32 Å². The summed E-state index contributed by atoms with van der Waals surface area (Å²) in [4.78, 5) is 26.1. The Labute approximate surface area is 249 Å². The number of alkyl halides is 3. The number of benzene rings is 2. The Bertz CT molecular complexity index is 1440. The van der Waals surface area contributed by atoms with Crippen molar-refractivity contribution in [1.29, 1.82) is 0 Å². The summed E-state index contributed by atoms with van der Waals surface area (Å²) in [6.07, 6.45) is -2.42. The molecule has 0 bridgehead atoms. The van der Waals surface area contributed by atoms with E-state index in [0.29, 0.717) is 79.8 Å². The van der Waals surface area contributed by atoms with E-state index in [1.54, 1.807) is 18.2 Å². The highest BCUT2D eigenvalue weighted by Gasteiger charge is 2.38. The van der Waals surface area contributed by atoms with Gasteiger partial charge in [-0.05, 0) is 56.0 Å². The molecule has 2 aromatic carbocycles. The molecule has 2 aliphatic rings. The van der Waals surface area contributed by atoms with Crippen molar-refractivity contribution >= 4 is 51.8 Å². The summed E-state index contributed by atoms with van der Waals surface area (Å²) in [5.74, 6) is 0.666. The Morgan fingerprint density at radius 2 is 1.81 bits per heavy atom. The molecule has 1 unspecified atom stereocenters. The third-order valence-electron chi connectivity index (χ3n) is 7.78. The zero-order chi connectivity index (χ0) is 30.0. The van der Waals surface area contributed by atoms with E-state index >= 15 is 0 Å². The van der Waals surface area contributed by atoms with Crippen LogP contribution >= 0.6 is 23.2 Å². The van der Waals surface area contributed by atoms with Crippen molar-refractivity contribution in [3.8, 4) is 0 Å². The molecule has 1 saturated carbocycles. The Morgan fingerprint density at radius 3 is 2.45 bits per heavy atom. The van der Waals surface area contributed by atoms with Gasteiger partial charge in [0.1, 0.15) is 16.9 Å². The van der Waals surface area contributed by atoms with Crippen molar-refractivity contribution in [1.82, 2.24) is 9.80 Å². The van der Waals surface area contributed by atoms with Gasteiger partial charge in [-0.2, -0.15) is 13.2 Å². The van der Waals surface area contributed by atoms with E-state index in [2.05, 4.69) is 10.2 Å². The fourth-order valence-electron chi connectivity index (χ4n) is 5.56. The molecule has 0 amide bonds. The molecule has 226 valence electrons. The number of anilines is 1. The number of nitro benzene ring substituents is 1. The van der Waals surface area contributed by atoms with Crippen molar-refractivity contribution in [3.05, 3.63) is 67.9 Å². The Balaban J connectivity index is 1.10. The highest BCUT2D eigenvalue weighted by Crippen LogP contribution is 2.38. The predicted molar refractivity (Wildman–Crippen MR) is 152 cm³/mol. The van der Waals surface area contributed by atoms with E-state index < -0.39 is 28.6 Å². The lowest BCUT2D eigenvalue weighted by Gasteiger charge is -2.39. The minimum absolute atomic E-state index is 0.119. The topological polar surface area (TPSA) is 101 Å². The third-order valence-corrected chi connectivity index (χ3v) is 8.43. The van der Waals surface area contributed by atoms with Gasteiger partial charge in [0.05, 0.1) is 22.6 Å². The van der Waals surface area contributed by atoms with E-state index in [-0.39, 0.29) is 17.8 Å². The van der Waals surface area contributed by atoms with Gasteiger partial charge in [0.25, 0.3) is 5.69 Å². The number of halogens is 5. The number of nitrogens with one attached hydrogen (secondary N) is 1. The largest absolute Gasteiger partial charge is 0.458 e. The van der Waals surface area contributed by atoms with Gasteiger partial charge in [-0.25, -0.2) is 0 Å². The van der Waals surface area contributed by atoms with Crippen molar-refractivity contribution in [2.45, 2.75) is 56.8 Å². The molecule has 1 aliphatic carbocycles. The molecule has 3 aromatic rings. The first-order valence-electron chi connectivity index (χ1n) is 13.6. The lowest BCUT2D eigenvalue weighted by Crippen LogP contribution is -2.52. The lowest BCUT2D eigenvalue weighted by atomic mass is 9.92. The first-order valence-corrected chi connectivity index (χ1v) is 14.3. The molecule has 2 heterocycles. The average molecular weight is 629 g/mol. The number of carbonyl (C=O) groups excluding carboxylic acids is 1. The molecule has 0 radical (unpaired) electrons. The molecule has 0 spiro atoms. The number of aldehydes is 1. The summed E-state index contributed by atoms with van der Waals surface area (Å²) >= 11 is 12.6. The fraction of sp³-hybridized carbons (Fsp3) is 0.464. The monoisotopic (exact) mass is 628 g/mol. The fourth-order valence-corrected chi connectivity index (χ4v) is 5.98. The van der Waals surface area contributed by atoms with Gasteiger partial charge in [0.2, 0.25) is 0 Å². The molecule has 5 rings (SSSR count). The number of rotatable bonds is 9. The Hall–Kier alpha value is -2.90. The van der Waals surface area contributed by atoms with Gasteiger partial charge < -0.3 is 14.5 Å². The van der Waals surface area contributed by atoms with Crippen LogP contribution in [0.5, 0.6) is 0 Å². The maximum Gasteiger partial charge on any atom is 0.423 e. The minimum atomic E-state index is -4.84. The van der Waals surface area contributed by atoms with Crippen molar-refractivity contribution in [3.63, 3.8) is 0 Å². The molecule has 1 aromatic heterocycles. The number of piperazine rings is 1. The first kappa shape index (κ1) is 30.6. The quantitative estimate of drug-likeness (QED) is 0.158. The molecular weight excluding hydrogens is 600 g/mol. The summed E-state index contributed by atoms with van der Waals surface area (Å²) in [7, 11) is 0. The van der Waals surface area contributed by atoms with Crippen LogP contribution in [-0.2, 0) is 22.3 Å². The summed E-state index contributed by atoms with van der Waals surface area (Å²) in [5, 5.41) is 16.0. The summed E-state index contributed by atoms with van der Waals surface area (Å²) in [5.41, 5.74) is -1.41. The van der Waals surface area contributed by atoms with Crippen LogP contribution in [-0.4, -0.2) is 65.6 Å². The van der Waals surface area contributed by atoms with Crippen LogP contribution in [0.25, 0.3) is 11.0 Å². The maximum absolute atomic E-state index is 13.3. The smallest absolute Gasteiger partial charge is 0.423 e. The van der Waals surface area contributed by atoms with Crippen LogP contribution in [0, 0.1) is 10.1 Å². The zero-order valence-corrected chi connectivity index (χ0v) is 23.9. The van der Waals surface area contributed by atoms with Gasteiger partial charge in [0.15, 0.2) is 12.5 Å². The van der Waals surface area contributed by atoms with E-state index in [1.165, 1.54) is 6.07 Å². The van der Waals surface area contributed by atoms with Crippen LogP contribution in [0.4, 0.5) is 24.5 Å². The third kappa shape index (κ3) is 7.00. The normalized spacial score (nSPS) is 21.4. The number of furan rings is 1. The highest BCUT2D eigenvalue weighted by atomic mass is 35.5. The SMILES string of the molecule is O=CC(OC1CCC(Nc2ccc([N+](=O)[O-])c(C(F)(F)F)c2)CC1)N1CCN(Cc2oc3ccc(Cl)cc3c2Cl)CC1. The van der Waals surface area contributed by atoms with Crippen molar-refractivity contribution in [2.24, 2.45) is 0 Å². The second kappa shape index (κ2) is 12.8. The summed E-state index contributed by atoms with van der Waals surface area (Å²) < 4.78 is 52.0. The van der Waals surface area contributed by atoms with Crippen LogP contribution in [0.3, 0.4) is 0 Å². The van der Waals surface area contributed by atoms with E-state index in [1.807, 2.05) is 4.90 Å². The number of fused-ring (bicyclic) bond motifs is 1. The predicted octanol–water partition coefficient (Wildman–Crippen LogP) is 6.75. The number of nitro groups is 1. The number of ether oxygens (including phenoxy) is 1. The molecule has 1 aliphatic heterocycles. The van der Waals surface area contributed by atoms with Crippen molar-refractivity contribution in [2.75, 3.05) is 31.5 Å². The Morgan fingerprint density at radius 1 is 1.10 bits per heavy atom. The molecule has 1 saturated heterocycles. The molecule has 2 fully saturated rings. The van der Waals surface area contributed by atoms with E-state index in [9.17, 15) is 28.1 Å². The number of hydrogen-bond donors (Lipinski definition) is 1. The molecular formula is C28H29Cl2F3N4O5. The minimum Gasteiger partial charge on any atom is -0.458 e. The molecule has 42 heavy (non-hydrogen) atoms. The Kier molecular flexibility index (Phi) is 9.28. The van der Waals surface area contributed by atoms with Crippen LogP contribution in [0.2, 0.25) is 10.0 Å². The van der Waals surface area contributed by atoms with Gasteiger partial charge >= 0.3 is 6.18 Å². The maximum atomic E-state index is 13.3. The van der Waals surface area contributed by atoms with Gasteiger partial charge in [-0.15, -0.1) is 0 Å². The molecule has 9 nitrogen and oxygen atoms in total. The van der Waals surface area contributed by atoms with Gasteiger partial charge in [-0.1, -0.05) is 23.2 Å². The summed E-state index contributed by atoms with van der Waals surface area (Å²) in [6, 6.07) is 8.14. The molecule has 1 N–H and O–H groups in total. The number of nitrogens with zero attached hydrogens (tertiary/aromatic N) is 3. The highest BCUT2D eigenvalue weighted by molar-refractivity contribution is 6.37. The van der Waals surface area contributed by atoms with E-state index in [4.69, 9.17) is 32.4 Å². The number of hydrogen-bond acceptors (Lipinski definition) is 8. The second-order valence-corrected chi connectivity index (χ2v) is 11.4. The first-order chi connectivity index (χ1) is 20.0. The average Bonchev–Trinajstić information content (AvgIpc) is 3.26.